The monoisotopic (exact) mass is 551 g/mol. The van der Waals surface area contributed by atoms with Crippen LogP contribution in [0.25, 0.3) is 33.6 Å². The molecule has 6 heterocycles. The number of pyridine rings is 2. The maximum Gasteiger partial charge on any atom is 0.569 e. The Morgan fingerprint density at radius 2 is 1.44 bits per heavy atom. The molecule has 0 aliphatic heterocycles. The van der Waals surface area contributed by atoms with Crippen LogP contribution in [0.5, 0.6) is 5.75 Å². The van der Waals surface area contributed by atoms with Gasteiger partial charge in [0, 0.05) is 24.8 Å². The van der Waals surface area contributed by atoms with E-state index in [0.717, 1.165) is 15.8 Å². The molecule has 0 aromatic carbocycles. The lowest BCUT2D eigenvalue weighted by Crippen LogP contribution is -2.02. The fourth-order valence-electron chi connectivity index (χ4n) is 2.86. The average Bonchev–Trinajstić information content (AvgIpc) is 3.55. The molecule has 0 amide bonds. The first-order valence-electron chi connectivity index (χ1n) is 10.1. The molecule has 0 atom stereocenters. The minimum absolute atomic E-state index is 0.0926. The van der Waals surface area contributed by atoms with Crippen molar-refractivity contribution >= 4 is 45.9 Å². The van der Waals surface area contributed by atoms with Crippen LogP contribution in [0.4, 0.5) is 8.78 Å². The SMILES string of the molecule is Brc1cnc2[nH]ccc2n1.Fc1ncccc1-c1cnc2[nH]ccc2n1.O[B]Oc1cccnc1F. The third kappa shape index (κ3) is 6.22. The van der Waals surface area contributed by atoms with Gasteiger partial charge >= 0.3 is 7.69 Å². The predicted octanol–water partition coefficient (Wildman–Crippen LogP) is 4.01. The summed E-state index contributed by atoms with van der Waals surface area (Å²) in [4.78, 5) is 29.4. The van der Waals surface area contributed by atoms with Crippen LogP contribution in [0.15, 0.2) is 78.2 Å². The average molecular weight is 552 g/mol. The Kier molecular flexibility index (Phi) is 8.21. The summed E-state index contributed by atoms with van der Waals surface area (Å²) in [6.45, 7) is 0. The van der Waals surface area contributed by atoms with Gasteiger partial charge in [0.25, 0.3) is 5.95 Å². The number of nitrogens with one attached hydrogen (secondary N) is 2. The van der Waals surface area contributed by atoms with Crippen molar-refractivity contribution in [1.29, 1.82) is 0 Å². The molecule has 0 aliphatic rings. The standard InChI is InChI=1S/C11H7FN4.C6H4BrN3.C5H4BFNO2/c12-10-7(2-1-4-13-10)9-6-15-11-8(16-9)3-5-14-11;7-5-3-9-6-4(10-5)1-2-8-6;7-5-4(10-6-9)2-1-3-8-5/h1-6H,(H,14,15);1-3H,(H,8,9);1-3,9H. The number of nitrogens with zero attached hydrogens (tertiary/aromatic N) is 6. The van der Waals surface area contributed by atoms with Gasteiger partial charge in [-0.25, -0.2) is 29.9 Å². The number of H-pyrrole nitrogens is 2. The molecular formula is C22H15BBrF2N8O2. The number of halogens is 3. The Morgan fingerprint density at radius 3 is 2.11 bits per heavy atom. The van der Waals surface area contributed by atoms with Gasteiger partial charge in [-0.1, -0.05) is 0 Å². The highest BCUT2D eigenvalue weighted by Crippen LogP contribution is 2.20. The van der Waals surface area contributed by atoms with Crippen molar-refractivity contribution in [3.8, 4) is 17.0 Å². The maximum absolute atomic E-state index is 13.4. The largest absolute Gasteiger partial charge is 0.569 e. The van der Waals surface area contributed by atoms with Crippen molar-refractivity contribution in [3.63, 3.8) is 0 Å². The van der Waals surface area contributed by atoms with Gasteiger partial charge in [-0.15, -0.1) is 0 Å². The molecule has 10 nitrogen and oxygen atoms in total. The molecule has 6 aromatic rings. The third-order valence-corrected chi connectivity index (χ3v) is 4.81. The first-order chi connectivity index (χ1) is 17.5. The first kappa shape index (κ1) is 24.8. The summed E-state index contributed by atoms with van der Waals surface area (Å²) in [5.41, 5.74) is 3.95. The molecule has 0 bridgehead atoms. The lowest BCUT2D eigenvalue weighted by molar-refractivity contribution is 0.423. The highest BCUT2D eigenvalue weighted by molar-refractivity contribution is 9.10. The van der Waals surface area contributed by atoms with Crippen LogP contribution < -0.4 is 4.65 Å². The van der Waals surface area contributed by atoms with Crippen molar-refractivity contribution < 1.29 is 18.5 Å². The second-order valence-electron chi connectivity index (χ2n) is 6.73. The quantitative estimate of drug-likeness (QED) is 0.221. The lowest BCUT2D eigenvalue weighted by Gasteiger charge is -2.00. The number of fused-ring (bicyclic) bond motifs is 2. The number of hydrogen-bond acceptors (Lipinski definition) is 8. The molecule has 0 saturated heterocycles. The molecular weight excluding hydrogens is 537 g/mol. The van der Waals surface area contributed by atoms with E-state index < -0.39 is 11.9 Å². The van der Waals surface area contributed by atoms with Gasteiger partial charge in [-0.2, -0.15) is 8.78 Å². The van der Waals surface area contributed by atoms with Gasteiger partial charge in [-0.3, -0.25) is 0 Å². The summed E-state index contributed by atoms with van der Waals surface area (Å²) >= 11 is 3.23. The molecule has 6 rings (SSSR count). The third-order valence-electron chi connectivity index (χ3n) is 4.43. The topological polar surface area (TPSA) is 138 Å². The van der Waals surface area contributed by atoms with Crippen LogP contribution in [-0.2, 0) is 0 Å². The molecule has 36 heavy (non-hydrogen) atoms. The van der Waals surface area contributed by atoms with E-state index in [1.807, 2.05) is 12.3 Å². The van der Waals surface area contributed by atoms with Crippen molar-refractivity contribution in [2.45, 2.75) is 0 Å². The normalized spacial score (nSPS) is 10.2. The van der Waals surface area contributed by atoms with Crippen LogP contribution in [0, 0.1) is 11.9 Å². The Bertz CT molecular complexity index is 1580. The van der Waals surface area contributed by atoms with Crippen LogP contribution in [0.2, 0.25) is 0 Å². The summed E-state index contributed by atoms with van der Waals surface area (Å²) in [7, 11) is 0.403. The minimum atomic E-state index is -0.743. The molecule has 0 unspecified atom stereocenters. The highest BCUT2D eigenvalue weighted by Gasteiger charge is 2.08. The molecule has 0 spiro atoms. The van der Waals surface area contributed by atoms with E-state index >= 15 is 0 Å². The fraction of sp³-hybridized carbons (Fsp3) is 0. The fourth-order valence-corrected chi connectivity index (χ4v) is 3.15. The van der Waals surface area contributed by atoms with E-state index in [-0.39, 0.29) is 5.75 Å². The summed E-state index contributed by atoms with van der Waals surface area (Å²) in [6, 6.07) is 9.83. The second-order valence-corrected chi connectivity index (χ2v) is 7.54. The molecule has 0 aliphatic carbocycles. The smallest absolute Gasteiger partial charge is 0.534 e. The second kappa shape index (κ2) is 11.9. The van der Waals surface area contributed by atoms with E-state index in [4.69, 9.17) is 5.02 Å². The lowest BCUT2D eigenvalue weighted by atomic mass is 10.2. The zero-order valence-electron chi connectivity index (χ0n) is 18.2. The van der Waals surface area contributed by atoms with E-state index in [1.54, 1.807) is 30.6 Å². The Labute approximate surface area is 211 Å². The summed E-state index contributed by atoms with van der Waals surface area (Å²) in [5, 5.41) is 8.10. The molecule has 1 radical (unpaired) electrons. The Morgan fingerprint density at radius 1 is 0.806 bits per heavy atom. The summed E-state index contributed by atoms with van der Waals surface area (Å²) in [6.07, 6.45) is 9.45. The number of rotatable bonds is 3. The minimum Gasteiger partial charge on any atom is -0.534 e. The van der Waals surface area contributed by atoms with Crippen LogP contribution in [-0.4, -0.2) is 52.6 Å². The van der Waals surface area contributed by atoms with Crippen molar-refractivity contribution in [2.24, 2.45) is 0 Å². The maximum atomic E-state index is 13.4. The molecule has 14 heteroatoms. The van der Waals surface area contributed by atoms with Gasteiger partial charge in [0.15, 0.2) is 17.0 Å². The highest BCUT2D eigenvalue weighted by atomic mass is 79.9. The Hall–Kier alpha value is -4.30. The van der Waals surface area contributed by atoms with E-state index in [2.05, 4.69) is 60.5 Å². The van der Waals surface area contributed by atoms with E-state index in [9.17, 15) is 8.78 Å². The first-order valence-corrected chi connectivity index (χ1v) is 10.9. The molecule has 3 N–H and O–H groups in total. The molecule has 6 aromatic heterocycles. The Balaban J connectivity index is 0.000000133. The van der Waals surface area contributed by atoms with Crippen molar-refractivity contribution in [3.05, 3.63) is 90.1 Å². The zero-order chi connectivity index (χ0) is 25.3. The molecule has 0 saturated carbocycles. The molecule has 179 valence electrons. The van der Waals surface area contributed by atoms with Gasteiger partial charge in [-0.05, 0) is 52.3 Å². The predicted molar refractivity (Wildman–Crippen MR) is 131 cm³/mol. The summed E-state index contributed by atoms with van der Waals surface area (Å²) < 4.78 is 30.9. The van der Waals surface area contributed by atoms with E-state index in [1.165, 1.54) is 30.7 Å². The van der Waals surface area contributed by atoms with Crippen LogP contribution in [0.3, 0.4) is 0 Å². The number of aromatic amines is 2. The van der Waals surface area contributed by atoms with Crippen molar-refractivity contribution in [1.82, 2.24) is 39.9 Å². The number of hydrogen-bond donors (Lipinski definition) is 3. The van der Waals surface area contributed by atoms with Gasteiger partial charge in [0.05, 0.1) is 23.7 Å². The van der Waals surface area contributed by atoms with Gasteiger partial charge < -0.3 is 19.6 Å². The van der Waals surface area contributed by atoms with Gasteiger partial charge in [0.1, 0.15) is 15.6 Å². The van der Waals surface area contributed by atoms with Gasteiger partial charge in [0.2, 0.25) is 5.95 Å². The number of aromatic nitrogens is 8. The van der Waals surface area contributed by atoms with Crippen molar-refractivity contribution in [2.75, 3.05) is 0 Å². The van der Waals surface area contributed by atoms with Crippen LogP contribution in [0.1, 0.15) is 0 Å². The zero-order valence-corrected chi connectivity index (χ0v) is 19.8. The molecule has 0 fully saturated rings. The summed E-state index contributed by atoms with van der Waals surface area (Å²) in [5.74, 6) is -1.37. The van der Waals surface area contributed by atoms with Crippen LogP contribution >= 0.6 is 15.9 Å². The van der Waals surface area contributed by atoms with E-state index in [0.29, 0.717) is 30.1 Å².